The van der Waals surface area contributed by atoms with Gasteiger partial charge in [0.1, 0.15) is 5.65 Å². The van der Waals surface area contributed by atoms with Crippen LogP contribution in [0, 0.1) is 0 Å². The van der Waals surface area contributed by atoms with Crippen molar-refractivity contribution in [3.05, 3.63) is 73.1 Å². The first-order valence-corrected chi connectivity index (χ1v) is 8.47. The molecule has 0 saturated heterocycles. The Morgan fingerprint density at radius 3 is 2.44 bits per heavy atom. The SMILES string of the molecule is Cn1c2ccccc2c2cc3c(cc21)c1cccn1c1ncccc31. The van der Waals surface area contributed by atoms with Gasteiger partial charge in [0.25, 0.3) is 0 Å². The lowest BCUT2D eigenvalue weighted by Gasteiger charge is -2.09. The number of hydrogen-bond donors (Lipinski definition) is 0. The zero-order chi connectivity index (χ0) is 16.5. The number of aryl methyl sites for hydroxylation is 1. The highest BCUT2D eigenvalue weighted by atomic mass is 15.0. The lowest BCUT2D eigenvalue weighted by atomic mass is 10.0. The van der Waals surface area contributed by atoms with Crippen LogP contribution >= 0.6 is 0 Å². The molecule has 4 heterocycles. The Morgan fingerprint density at radius 2 is 1.48 bits per heavy atom. The van der Waals surface area contributed by atoms with Crippen molar-refractivity contribution >= 4 is 49.1 Å². The lowest BCUT2D eigenvalue weighted by molar-refractivity contribution is 1.02. The first kappa shape index (κ1) is 13.0. The van der Waals surface area contributed by atoms with E-state index in [0.29, 0.717) is 0 Å². The van der Waals surface area contributed by atoms with Gasteiger partial charge in [-0.3, -0.25) is 0 Å². The molecule has 25 heavy (non-hydrogen) atoms. The molecule has 6 aromatic rings. The summed E-state index contributed by atoms with van der Waals surface area (Å²) in [5, 5.41) is 6.32. The molecule has 0 fully saturated rings. The van der Waals surface area contributed by atoms with Crippen molar-refractivity contribution in [2.45, 2.75) is 0 Å². The maximum Gasteiger partial charge on any atom is 0.144 e. The molecule has 0 atom stereocenters. The predicted octanol–water partition coefficient (Wildman–Crippen LogP) is 5.29. The molecule has 0 radical (unpaired) electrons. The standard InChI is InChI=1S/C22H15N3/c1-24-19-8-3-2-6-14(19)17-12-16-15-7-4-10-23-22(15)25-11-5-9-20(25)18(16)13-21(17)24/h2-13H,1H3. The smallest absolute Gasteiger partial charge is 0.144 e. The average Bonchev–Trinajstić information content (AvgIpc) is 3.26. The van der Waals surface area contributed by atoms with Crippen molar-refractivity contribution in [3.63, 3.8) is 0 Å². The van der Waals surface area contributed by atoms with Crippen molar-refractivity contribution in [2.75, 3.05) is 0 Å². The van der Waals surface area contributed by atoms with Gasteiger partial charge in [0.2, 0.25) is 0 Å². The van der Waals surface area contributed by atoms with Gasteiger partial charge in [-0.2, -0.15) is 0 Å². The van der Waals surface area contributed by atoms with E-state index in [9.17, 15) is 0 Å². The molecule has 0 saturated carbocycles. The minimum atomic E-state index is 1.01. The van der Waals surface area contributed by atoms with Crippen LogP contribution in [-0.4, -0.2) is 14.0 Å². The quantitative estimate of drug-likeness (QED) is 0.349. The third-order valence-corrected chi connectivity index (χ3v) is 5.38. The highest BCUT2D eigenvalue weighted by molar-refractivity contribution is 6.20. The molecule has 0 aliphatic carbocycles. The largest absolute Gasteiger partial charge is 0.344 e. The number of fused-ring (bicyclic) bond motifs is 9. The summed E-state index contributed by atoms with van der Waals surface area (Å²) < 4.78 is 4.48. The molecule has 0 bridgehead atoms. The van der Waals surface area contributed by atoms with E-state index in [1.54, 1.807) is 0 Å². The molecule has 3 nitrogen and oxygen atoms in total. The van der Waals surface area contributed by atoms with Gasteiger partial charge in [0.15, 0.2) is 0 Å². The molecule has 3 heteroatoms. The van der Waals surface area contributed by atoms with Crippen LogP contribution < -0.4 is 0 Å². The number of nitrogens with zero attached hydrogens (tertiary/aromatic N) is 3. The first-order chi connectivity index (χ1) is 12.3. The van der Waals surface area contributed by atoms with Crippen LogP contribution in [-0.2, 0) is 7.05 Å². The highest BCUT2D eigenvalue weighted by Crippen LogP contribution is 2.36. The summed E-state index contributed by atoms with van der Waals surface area (Å²) in [6.07, 6.45) is 3.96. The van der Waals surface area contributed by atoms with Gasteiger partial charge >= 0.3 is 0 Å². The van der Waals surface area contributed by atoms with E-state index >= 15 is 0 Å². The molecule has 118 valence electrons. The maximum absolute atomic E-state index is 4.64. The molecule has 0 aliphatic heterocycles. The minimum absolute atomic E-state index is 1.01. The average molecular weight is 321 g/mol. The van der Waals surface area contributed by atoms with Gasteiger partial charge in [-0.15, -0.1) is 0 Å². The Kier molecular flexibility index (Phi) is 2.29. The van der Waals surface area contributed by atoms with Gasteiger partial charge in [-0.05, 0) is 47.9 Å². The summed E-state index contributed by atoms with van der Waals surface area (Å²) in [6, 6.07) is 21.7. The highest BCUT2D eigenvalue weighted by Gasteiger charge is 2.13. The molecule has 0 spiro atoms. The van der Waals surface area contributed by atoms with Gasteiger partial charge in [-0.1, -0.05) is 18.2 Å². The van der Waals surface area contributed by atoms with Crippen LogP contribution in [0.25, 0.3) is 49.1 Å². The summed E-state index contributed by atoms with van der Waals surface area (Å²) in [5.74, 6) is 0. The van der Waals surface area contributed by atoms with E-state index in [0.717, 1.165) is 5.65 Å². The molecule has 0 N–H and O–H groups in total. The van der Waals surface area contributed by atoms with Crippen molar-refractivity contribution in [1.82, 2.24) is 14.0 Å². The summed E-state index contributed by atoms with van der Waals surface area (Å²) in [6.45, 7) is 0. The Balaban J connectivity index is 1.98. The predicted molar refractivity (Wildman–Crippen MR) is 104 cm³/mol. The van der Waals surface area contributed by atoms with Crippen LogP contribution in [0.4, 0.5) is 0 Å². The summed E-state index contributed by atoms with van der Waals surface area (Å²) in [5.41, 5.74) is 4.74. The Morgan fingerprint density at radius 1 is 0.680 bits per heavy atom. The second kappa shape index (κ2) is 4.39. The molecule has 0 amide bonds. The molecular formula is C22H15N3. The van der Waals surface area contributed by atoms with E-state index in [2.05, 4.69) is 81.8 Å². The minimum Gasteiger partial charge on any atom is -0.344 e. The second-order valence-corrected chi connectivity index (χ2v) is 6.63. The topological polar surface area (TPSA) is 22.2 Å². The normalized spacial score (nSPS) is 12.2. The summed E-state index contributed by atoms with van der Waals surface area (Å²) in [4.78, 5) is 4.64. The molecular weight excluding hydrogens is 306 g/mol. The van der Waals surface area contributed by atoms with Crippen molar-refractivity contribution in [3.8, 4) is 0 Å². The molecule has 4 aromatic heterocycles. The molecule has 0 aliphatic rings. The fourth-order valence-corrected chi connectivity index (χ4v) is 4.22. The molecule has 0 unspecified atom stereocenters. The fourth-order valence-electron chi connectivity index (χ4n) is 4.22. The third-order valence-electron chi connectivity index (χ3n) is 5.38. The zero-order valence-corrected chi connectivity index (χ0v) is 13.8. The van der Waals surface area contributed by atoms with E-state index in [4.69, 9.17) is 0 Å². The number of aromatic nitrogens is 3. The van der Waals surface area contributed by atoms with Crippen molar-refractivity contribution in [1.29, 1.82) is 0 Å². The van der Waals surface area contributed by atoms with Crippen LogP contribution in [0.2, 0.25) is 0 Å². The Bertz CT molecular complexity index is 1450. The van der Waals surface area contributed by atoms with Gasteiger partial charge < -0.3 is 8.97 Å². The van der Waals surface area contributed by atoms with E-state index in [-0.39, 0.29) is 0 Å². The first-order valence-electron chi connectivity index (χ1n) is 8.47. The Labute approximate surface area is 143 Å². The number of rotatable bonds is 0. The molecule has 2 aromatic carbocycles. The van der Waals surface area contributed by atoms with E-state index in [1.807, 2.05) is 12.3 Å². The van der Waals surface area contributed by atoms with E-state index < -0.39 is 0 Å². The number of benzene rings is 2. The zero-order valence-electron chi connectivity index (χ0n) is 13.8. The third kappa shape index (κ3) is 1.53. The second-order valence-electron chi connectivity index (χ2n) is 6.63. The van der Waals surface area contributed by atoms with Crippen molar-refractivity contribution in [2.24, 2.45) is 7.05 Å². The number of hydrogen-bond acceptors (Lipinski definition) is 1. The number of para-hydroxylation sites is 1. The van der Waals surface area contributed by atoms with Crippen LogP contribution in [0.1, 0.15) is 0 Å². The van der Waals surface area contributed by atoms with Gasteiger partial charge in [0, 0.05) is 52.0 Å². The number of pyridine rings is 2. The van der Waals surface area contributed by atoms with Crippen LogP contribution in [0.5, 0.6) is 0 Å². The lowest BCUT2D eigenvalue weighted by Crippen LogP contribution is -1.92. The summed E-state index contributed by atoms with van der Waals surface area (Å²) in [7, 11) is 2.15. The fraction of sp³-hybridized carbons (Fsp3) is 0.0455. The summed E-state index contributed by atoms with van der Waals surface area (Å²) >= 11 is 0. The van der Waals surface area contributed by atoms with Crippen molar-refractivity contribution < 1.29 is 0 Å². The van der Waals surface area contributed by atoms with Gasteiger partial charge in [-0.25, -0.2) is 4.98 Å². The van der Waals surface area contributed by atoms with E-state index in [1.165, 1.54) is 43.5 Å². The van der Waals surface area contributed by atoms with Crippen LogP contribution in [0.15, 0.2) is 73.1 Å². The Hall–Kier alpha value is -3.33. The molecule has 6 rings (SSSR count). The van der Waals surface area contributed by atoms with Gasteiger partial charge in [0.05, 0.1) is 5.52 Å². The van der Waals surface area contributed by atoms with Crippen LogP contribution in [0.3, 0.4) is 0 Å². The monoisotopic (exact) mass is 321 g/mol. The maximum atomic E-state index is 4.64.